The Labute approximate surface area is 236 Å². The highest BCUT2D eigenvalue weighted by Gasteiger charge is 2.22. The summed E-state index contributed by atoms with van der Waals surface area (Å²) >= 11 is 0. The third-order valence-electron chi connectivity index (χ3n) is 7.13. The normalized spacial score (nSPS) is 11.7. The summed E-state index contributed by atoms with van der Waals surface area (Å²) in [4.78, 5) is 11.8. The zero-order valence-corrected chi connectivity index (χ0v) is 23.6. The van der Waals surface area contributed by atoms with Gasteiger partial charge in [-0.05, 0) is 74.4 Å². The van der Waals surface area contributed by atoms with Crippen LogP contribution < -0.4 is 19.7 Å². The van der Waals surface area contributed by atoms with Gasteiger partial charge < -0.3 is 19.7 Å². The molecule has 40 heavy (non-hydrogen) atoms. The monoisotopic (exact) mass is 532 g/mol. The van der Waals surface area contributed by atoms with E-state index in [1.165, 1.54) is 5.69 Å². The zero-order valence-electron chi connectivity index (χ0n) is 23.6. The van der Waals surface area contributed by atoms with Gasteiger partial charge in [-0.1, -0.05) is 48.5 Å². The van der Waals surface area contributed by atoms with Crippen LogP contribution in [-0.4, -0.2) is 30.2 Å². The summed E-state index contributed by atoms with van der Waals surface area (Å²) in [6, 6.07) is 30.8. The topological polar surface area (TPSA) is 59.5 Å². The van der Waals surface area contributed by atoms with Gasteiger partial charge in [-0.15, -0.1) is 0 Å². The maximum Gasteiger partial charge on any atom is 0.151 e. The van der Waals surface area contributed by atoms with Crippen LogP contribution in [0.1, 0.15) is 42.3 Å². The Morgan fingerprint density at radius 2 is 1.68 bits per heavy atom. The Morgan fingerprint density at radius 1 is 0.875 bits per heavy atom. The van der Waals surface area contributed by atoms with E-state index in [0.717, 1.165) is 63.7 Å². The fraction of sp³-hybridized carbons (Fsp3) is 0.235. The first-order valence-electron chi connectivity index (χ1n) is 13.8. The van der Waals surface area contributed by atoms with Gasteiger partial charge in [0.1, 0.15) is 23.7 Å². The number of nitrogens with zero attached hydrogens (tertiary/aromatic N) is 3. The molecule has 204 valence electrons. The second-order valence-corrected chi connectivity index (χ2v) is 9.70. The second-order valence-electron chi connectivity index (χ2n) is 9.70. The molecule has 0 saturated carbocycles. The predicted octanol–water partition coefficient (Wildman–Crippen LogP) is 7.57. The predicted molar refractivity (Wildman–Crippen MR) is 164 cm³/mol. The minimum Gasteiger partial charge on any atom is -0.497 e. The largest absolute Gasteiger partial charge is 0.497 e. The SMILES string of the molecule is CCN(CC)c1ccc(C(Nc2ccccn2)c2ccc3ccc(C)nc3c2OCc2cccc(OC)c2)cc1. The molecule has 0 spiro atoms. The summed E-state index contributed by atoms with van der Waals surface area (Å²) in [5.74, 6) is 2.35. The number of aryl methyl sites for hydroxylation is 1. The number of hydrogen-bond acceptors (Lipinski definition) is 6. The summed E-state index contributed by atoms with van der Waals surface area (Å²) in [5, 5.41) is 4.70. The van der Waals surface area contributed by atoms with E-state index in [4.69, 9.17) is 14.5 Å². The lowest BCUT2D eigenvalue weighted by molar-refractivity contribution is 0.304. The molecule has 0 fully saturated rings. The minimum atomic E-state index is -0.215. The third kappa shape index (κ3) is 6.01. The van der Waals surface area contributed by atoms with Crippen molar-refractivity contribution in [1.29, 1.82) is 0 Å². The first-order valence-corrected chi connectivity index (χ1v) is 13.8. The summed E-state index contributed by atoms with van der Waals surface area (Å²) in [5.41, 5.74) is 6.11. The van der Waals surface area contributed by atoms with Crippen molar-refractivity contribution in [2.75, 3.05) is 30.4 Å². The van der Waals surface area contributed by atoms with E-state index in [1.54, 1.807) is 13.3 Å². The van der Waals surface area contributed by atoms with Crippen molar-refractivity contribution in [2.24, 2.45) is 0 Å². The highest BCUT2D eigenvalue weighted by atomic mass is 16.5. The average Bonchev–Trinajstić information content (AvgIpc) is 3.00. The van der Waals surface area contributed by atoms with E-state index >= 15 is 0 Å². The van der Waals surface area contributed by atoms with Gasteiger partial charge in [0.15, 0.2) is 5.75 Å². The third-order valence-corrected chi connectivity index (χ3v) is 7.13. The molecule has 0 amide bonds. The van der Waals surface area contributed by atoms with Crippen molar-refractivity contribution in [2.45, 2.75) is 33.4 Å². The molecule has 1 N–H and O–H groups in total. The van der Waals surface area contributed by atoms with E-state index in [0.29, 0.717) is 6.61 Å². The minimum absolute atomic E-state index is 0.215. The van der Waals surface area contributed by atoms with E-state index in [1.807, 2.05) is 55.5 Å². The van der Waals surface area contributed by atoms with Crippen LogP contribution in [0.2, 0.25) is 0 Å². The Hall–Kier alpha value is -4.58. The summed E-state index contributed by atoms with van der Waals surface area (Å²) in [6.45, 7) is 8.67. The number of aromatic nitrogens is 2. The molecule has 0 aliphatic rings. The molecule has 6 heteroatoms. The van der Waals surface area contributed by atoms with Crippen LogP contribution in [0.15, 0.2) is 97.2 Å². The maximum absolute atomic E-state index is 6.64. The first-order chi connectivity index (χ1) is 19.6. The van der Waals surface area contributed by atoms with E-state index in [-0.39, 0.29) is 6.04 Å². The fourth-order valence-electron chi connectivity index (χ4n) is 4.98. The van der Waals surface area contributed by atoms with E-state index in [2.05, 4.69) is 71.5 Å². The van der Waals surface area contributed by atoms with Gasteiger partial charge in [0.2, 0.25) is 0 Å². The molecule has 0 bridgehead atoms. The summed E-state index contributed by atoms with van der Waals surface area (Å²) in [6.07, 6.45) is 1.80. The lowest BCUT2D eigenvalue weighted by Crippen LogP contribution is -2.22. The number of hydrogen-bond donors (Lipinski definition) is 1. The molecular weight excluding hydrogens is 496 g/mol. The number of anilines is 2. The zero-order chi connectivity index (χ0) is 27.9. The molecule has 0 aliphatic heterocycles. The standard InChI is InChI=1S/C34H36N4O2/c1-5-38(6-2)28-18-15-26(16-19-28)32(37-31-12-7-8-21-35-31)30-20-17-27-14-13-24(3)36-33(27)34(30)40-23-25-10-9-11-29(22-25)39-4/h7-22,32H,5-6,23H2,1-4H3,(H,35,37). The van der Waals surface area contributed by atoms with Crippen molar-refractivity contribution < 1.29 is 9.47 Å². The van der Waals surface area contributed by atoms with Crippen LogP contribution in [-0.2, 0) is 6.61 Å². The van der Waals surface area contributed by atoms with Gasteiger partial charge in [0.05, 0.1) is 13.2 Å². The van der Waals surface area contributed by atoms with Crippen molar-refractivity contribution in [3.63, 3.8) is 0 Å². The van der Waals surface area contributed by atoms with Gasteiger partial charge in [-0.3, -0.25) is 0 Å². The molecule has 6 nitrogen and oxygen atoms in total. The van der Waals surface area contributed by atoms with Crippen molar-refractivity contribution in [3.05, 3.63) is 120 Å². The number of fused-ring (bicyclic) bond motifs is 1. The molecule has 0 aliphatic carbocycles. The molecule has 1 unspecified atom stereocenters. The lowest BCUT2D eigenvalue weighted by Gasteiger charge is -2.25. The van der Waals surface area contributed by atoms with Crippen LogP contribution in [0, 0.1) is 6.92 Å². The van der Waals surface area contributed by atoms with Crippen molar-refractivity contribution in [1.82, 2.24) is 9.97 Å². The average molecular weight is 533 g/mol. The number of benzene rings is 3. The Kier molecular flexibility index (Phi) is 8.45. The van der Waals surface area contributed by atoms with Crippen molar-refractivity contribution >= 4 is 22.4 Å². The van der Waals surface area contributed by atoms with Crippen LogP contribution in [0.25, 0.3) is 10.9 Å². The Morgan fingerprint density at radius 3 is 2.40 bits per heavy atom. The molecule has 0 radical (unpaired) electrons. The van der Waals surface area contributed by atoms with Gasteiger partial charge in [-0.2, -0.15) is 0 Å². The molecule has 5 rings (SSSR count). The number of nitrogens with one attached hydrogen (secondary N) is 1. The molecule has 3 aromatic carbocycles. The maximum atomic E-state index is 6.64. The molecule has 2 heterocycles. The van der Waals surface area contributed by atoms with Gasteiger partial charge >= 0.3 is 0 Å². The lowest BCUT2D eigenvalue weighted by atomic mass is 9.95. The number of pyridine rings is 2. The van der Waals surface area contributed by atoms with Crippen LogP contribution >= 0.6 is 0 Å². The molecular formula is C34H36N4O2. The van der Waals surface area contributed by atoms with Gasteiger partial charge in [-0.25, -0.2) is 9.97 Å². The summed E-state index contributed by atoms with van der Waals surface area (Å²) < 4.78 is 12.1. The number of methoxy groups -OCH3 is 1. The smallest absolute Gasteiger partial charge is 0.151 e. The highest BCUT2D eigenvalue weighted by molar-refractivity contribution is 5.86. The molecule has 2 aromatic heterocycles. The van der Waals surface area contributed by atoms with E-state index in [9.17, 15) is 0 Å². The molecule has 1 atom stereocenters. The quantitative estimate of drug-likeness (QED) is 0.189. The van der Waals surface area contributed by atoms with Gasteiger partial charge in [0, 0.05) is 41.6 Å². The van der Waals surface area contributed by atoms with Crippen LogP contribution in [0.5, 0.6) is 11.5 Å². The highest BCUT2D eigenvalue weighted by Crippen LogP contribution is 2.38. The van der Waals surface area contributed by atoms with Crippen molar-refractivity contribution in [3.8, 4) is 11.5 Å². The second kappa shape index (κ2) is 12.5. The number of ether oxygens (including phenoxy) is 2. The fourth-order valence-corrected chi connectivity index (χ4v) is 4.98. The van der Waals surface area contributed by atoms with Crippen LogP contribution in [0.4, 0.5) is 11.5 Å². The van der Waals surface area contributed by atoms with Gasteiger partial charge in [0.25, 0.3) is 0 Å². The summed E-state index contributed by atoms with van der Waals surface area (Å²) in [7, 11) is 1.68. The first kappa shape index (κ1) is 27.0. The number of rotatable bonds is 11. The van der Waals surface area contributed by atoms with E-state index < -0.39 is 0 Å². The Bertz CT molecular complexity index is 1550. The van der Waals surface area contributed by atoms with Crippen LogP contribution in [0.3, 0.4) is 0 Å². The molecule has 5 aromatic rings. The Balaban J connectivity index is 1.61. The molecule has 0 saturated heterocycles.